The van der Waals surface area contributed by atoms with E-state index in [-0.39, 0.29) is 24.8 Å². The number of anilines is 1. The molecule has 2 heterocycles. The maximum atomic E-state index is 12.8. The van der Waals surface area contributed by atoms with E-state index in [2.05, 4.69) is 0 Å². The second-order valence-corrected chi connectivity index (χ2v) is 6.65. The highest BCUT2D eigenvalue weighted by Crippen LogP contribution is 2.32. The molecule has 2 aliphatic rings. The van der Waals surface area contributed by atoms with Crippen LogP contribution < -0.4 is 4.90 Å². The third kappa shape index (κ3) is 3.11. The number of carboxylic acid groups (broad SMARTS) is 1. The SMILES string of the molecule is O=C(O)C1CCCCN1C(=O)C1CC(=O)N(c2ccccc2Cl)C1. The Bertz CT molecular complexity index is 678. The molecular weight excluding hydrogens is 332 g/mol. The minimum absolute atomic E-state index is 0.0902. The van der Waals surface area contributed by atoms with Gasteiger partial charge in [-0.25, -0.2) is 4.79 Å². The van der Waals surface area contributed by atoms with Gasteiger partial charge < -0.3 is 14.9 Å². The maximum absolute atomic E-state index is 12.8. The quantitative estimate of drug-likeness (QED) is 0.906. The Morgan fingerprint density at radius 1 is 1.21 bits per heavy atom. The van der Waals surface area contributed by atoms with E-state index in [1.165, 1.54) is 9.80 Å². The molecule has 2 amide bonds. The Morgan fingerprint density at radius 2 is 1.96 bits per heavy atom. The molecule has 0 saturated carbocycles. The van der Waals surface area contributed by atoms with Gasteiger partial charge >= 0.3 is 5.97 Å². The molecule has 0 spiro atoms. The average molecular weight is 351 g/mol. The van der Waals surface area contributed by atoms with Gasteiger partial charge in [0.25, 0.3) is 0 Å². The molecule has 3 rings (SSSR count). The highest BCUT2D eigenvalue weighted by Gasteiger charge is 2.41. The zero-order valence-electron chi connectivity index (χ0n) is 13.2. The van der Waals surface area contributed by atoms with Crippen LogP contribution in [0.4, 0.5) is 5.69 Å². The van der Waals surface area contributed by atoms with Crippen molar-refractivity contribution in [1.82, 2.24) is 4.90 Å². The zero-order valence-corrected chi connectivity index (χ0v) is 13.9. The summed E-state index contributed by atoms with van der Waals surface area (Å²) in [4.78, 5) is 39.4. The monoisotopic (exact) mass is 350 g/mol. The molecule has 2 saturated heterocycles. The van der Waals surface area contributed by atoms with Gasteiger partial charge in [0, 0.05) is 19.5 Å². The second kappa shape index (κ2) is 6.81. The van der Waals surface area contributed by atoms with Crippen LogP contribution in [0.3, 0.4) is 0 Å². The fourth-order valence-corrected chi connectivity index (χ4v) is 3.70. The van der Waals surface area contributed by atoms with Crippen LogP contribution in [-0.2, 0) is 14.4 Å². The van der Waals surface area contributed by atoms with Gasteiger partial charge in [-0.15, -0.1) is 0 Å². The largest absolute Gasteiger partial charge is 0.480 e. The molecule has 0 bridgehead atoms. The predicted molar refractivity (Wildman–Crippen MR) is 88.9 cm³/mol. The lowest BCUT2D eigenvalue weighted by Gasteiger charge is -2.34. The van der Waals surface area contributed by atoms with Crippen LogP contribution in [-0.4, -0.2) is 46.9 Å². The second-order valence-electron chi connectivity index (χ2n) is 6.24. The molecule has 2 atom stereocenters. The molecule has 1 aromatic carbocycles. The Kier molecular flexibility index (Phi) is 4.76. The molecule has 24 heavy (non-hydrogen) atoms. The number of piperidine rings is 1. The van der Waals surface area contributed by atoms with Crippen molar-refractivity contribution in [2.45, 2.75) is 31.7 Å². The number of rotatable bonds is 3. The number of hydrogen-bond acceptors (Lipinski definition) is 3. The van der Waals surface area contributed by atoms with Crippen molar-refractivity contribution in [3.8, 4) is 0 Å². The van der Waals surface area contributed by atoms with Crippen LogP contribution in [0.2, 0.25) is 5.02 Å². The number of nitrogens with zero attached hydrogens (tertiary/aromatic N) is 2. The molecule has 1 N–H and O–H groups in total. The van der Waals surface area contributed by atoms with Crippen molar-refractivity contribution in [2.75, 3.05) is 18.0 Å². The Balaban J connectivity index is 1.76. The summed E-state index contributed by atoms with van der Waals surface area (Å²) >= 11 is 6.14. The summed E-state index contributed by atoms with van der Waals surface area (Å²) in [5, 5.41) is 9.79. The Hall–Kier alpha value is -2.08. The number of benzene rings is 1. The maximum Gasteiger partial charge on any atom is 0.326 e. The lowest BCUT2D eigenvalue weighted by atomic mass is 9.98. The summed E-state index contributed by atoms with van der Waals surface area (Å²) in [5.41, 5.74) is 0.591. The van der Waals surface area contributed by atoms with E-state index in [4.69, 9.17) is 11.6 Å². The number of carboxylic acids is 1. The number of carbonyl (C=O) groups excluding carboxylic acids is 2. The number of aliphatic carboxylic acids is 1. The number of para-hydroxylation sites is 1. The molecule has 128 valence electrons. The van der Waals surface area contributed by atoms with Crippen LogP contribution in [0, 0.1) is 5.92 Å². The molecule has 6 nitrogen and oxygen atoms in total. The van der Waals surface area contributed by atoms with E-state index in [1.807, 2.05) is 0 Å². The number of likely N-dealkylation sites (tertiary alicyclic amines) is 1. The van der Waals surface area contributed by atoms with Gasteiger partial charge in [0.15, 0.2) is 0 Å². The minimum atomic E-state index is -0.977. The van der Waals surface area contributed by atoms with E-state index in [9.17, 15) is 19.5 Å². The normalized spacial score (nSPS) is 24.3. The van der Waals surface area contributed by atoms with Gasteiger partial charge in [-0.3, -0.25) is 9.59 Å². The van der Waals surface area contributed by atoms with Gasteiger partial charge in [-0.2, -0.15) is 0 Å². The lowest BCUT2D eigenvalue weighted by molar-refractivity contribution is -0.153. The third-order valence-corrected chi connectivity index (χ3v) is 5.01. The number of hydrogen-bond donors (Lipinski definition) is 1. The molecule has 0 aliphatic carbocycles. The first-order valence-electron chi connectivity index (χ1n) is 8.07. The zero-order chi connectivity index (χ0) is 17.3. The smallest absolute Gasteiger partial charge is 0.326 e. The van der Waals surface area contributed by atoms with E-state index < -0.39 is 17.9 Å². The van der Waals surface area contributed by atoms with Crippen molar-refractivity contribution >= 4 is 35.1 Å². The Labute approximate surface area is 145 Å². The summed E-state index contributed by atoms with van der Waals surface area (Å²) in [6.07, 6.45) is 2.16. The van der Waals surface area contributed by atoms with Crippen LogP contribution >= 0.6 is 11.6 Å². The van der Waals surface area contributed by atoms with Gasteiger partial charge in [0.05, 0.1) is 16.6 Å². The van der Waals surface area contributed by atoms with Crippen LogP contribution in [0.15, 0.2) is 24.3 Å². The molecule has 1 aromatic rings. The summed E-state index contributed by atoms with van der Waals surface area (Å²) in [6, 6.07) is 6.23. The fraction of sp³-hybridized carbons (Fsp3) is 0.471. The van der Waals surface area contributed by atoms with Crippen LogP contribution in [0.5, 0.6) is 0 Å². The summed E-state index contributed by atoms with van der Waals surface area (Å²) in [5.74, 6) is -1.90. The highest BCUT2D eigenvalue weighted by molar-refractivity contribution is 6.33. The first kappa shape index (κ1) is 16.8. The van der Waals surface area contributed by atoms with Gasteiger partial charge in [0.2, 0.25) is 11.8 Å². The van der Waals surface area contributed by atoms with Crippen molar-refractivity contribution in [1.29, 1.82) is 0 Å². The minimum Gasteiger partial charge on any atom is -0.480 e. The number of amides is 2. The molecule has 7 heteroatoms. The van der Waals surface area contributed by atoms with Crippen molar-refractivity contribution in [2.24, 2.45) is 5.92 Å². The van der Waals surface area contributed by atoms with E-state index >= 15 is 0 Å². The average Bonchev–Trinajstić information content (AvgIpc) is 2.96. The molecule has 2 fully saturated rings. The molecule has 2 unspecified atom stereocenters. The van der Waals surface area contributed by atoms with Crippen molar-refractivity contribution < 1.29 is 19.5 Å². The summed E-state index contributed by atoms with van der Waals surface area (Å²) in [7, 11) is 0. The van der Waals surface area contributed by atoms with Gasteiger partial charge in [-0.05, 0) is 31.4 Å². The van der Waals surface area contributed by atoms with E-state index in [0.717, 1.165) is 12.8 Å². The molecule has 0 radical (unpaired) electrons. The highest BCUT2D eigenvalue weighted by atomic mass is 35.5. The predicted octanol–water partition coefficient (Wildman–Crippen LogP) is 2.16. The number of halogens is 1. The topological polar surface area (TPSA) is 77.9 Å². The Morgan fingerprint density at radius 3 is 2.67 bits per heavy atom. The van der Waals surface area contributed by atoms with Crippen molar-refractivity contribution in [3.63, 3.8) is 0 Å². The molecule has 0 aromatic heterocycles. The number of carbonyl (C=O) groups is 3. The first-order chi connectivity index (χ1) is 11.5. The first-order valence-corrected chi connectivity index (χ1v) is 8.45. The summed E-state index contributed by atoms with van der Waals surface area (Å²) < 4.78 is 0. The van der Waals surface area contributed by atoms with Crippen LogP contribution in [0.1, 0.15) is 25.7 Å². The fourth-order valence-electron chi connectivity index (χ4n) is 3.46. The molecular formula is C17H19ClN2O4. The van der Waals surface area contributed by atoms with Crippen LogP contribution in [0.25, 0.3) is 0 Å². The molecule has 2 aliphatic heterocycles. The van der Waals surface area contributed by atoms with Gasteiger partial charge in [0.1, 0.15) is 6.04 Å². The van der Waals surface area contributed by atoms with Crippen molar-refractivity contribution in [3.05, 3.63) is 29.3 Å². The lowest BCUT2D eigenvalue weighted by Crippen LogP contribution is -2.50. The van der Waals surface area contributed by atoms with Gasteiger partial charge in [-0.1, -0.05) is 23.7 Å². The summed E-state index contributed by atoms with van der Waals surface area (Å²) in [6.45, 7) is 0.677. The third-order valence-electron chi connectivity index (χ3n) is 4.69. The standard InChI is InChI=1S/C17H19ClN2O4/c18-12-5-1-2-6-13(12)20-10-11(9-15(20)21)16(22)19-8-4-3-7-14(19)17(23)24/h1-2,5-6,11,14H,3-4,7-10H2,(H,23,24). The van der Waals surface area contributed by atoms with E-state index in [0.29, 0.717) is 23.7 Å². The van der Waals surface area contributed by atoms with E-state index in [1.54, 1.807) is 24.3 Å².